The second kappa shape index (κ2) is 3.23. The lowest BCUT2D eigenvalue weighted by Gasteiger charge is -2.01. The van der Waals surface area contributed by atoms with E-state index in [4.69, 9.17) is 0 Å². The smallest absolute Gasteiger partial charge is 0.0617 e. The molecule has 0 aliphatic heterocycles. The summed E-state index contributed by atoms with van der Waals surface area (Å²) >= 11 is 0. The van der Waals surface area contributed by atoms with Crippen molar-refractivity contribution < 1.29 is 0 Å². The number of allylic oxidation sites excluding steroid dienone is 2. The van der Waals surface area contributed by atoms with Crippen molar-refractivity contribution in [3.05, 3.63) is 24.3 Å². The molecule has 0 unspecified atom stereocenters. The van der Waals surface area contributed by atoms with E-state index in [9.17, 15) is 0 Å². The second-order valence-corrected chi connectivity index (χ2v) is 2.13. The predicted molar refractivity (Wildman–Crippen MR) is 43.0 cm³/mol. The van der Waals surface area contributed by atoms with Crippen LogP contribution >= 0.6 is 0 Å². The maximum atomic E-state index is 4.00. The minimum absolute atomic E-state index is 0.926. The van der Waals surface area contributed by atoms with Crippen molar-refractivity contribution in [1.82, 2.24) is 0 Å². The van der Waals surface area contributed by atoms with E-state index in [0.717, 1.165) is 16.9 Å². The number of hydrogen-bond donors (Lipinski definition) is 0. The molecule has 0 fully saturated rings. The monoisotopic (exact) mass is 123 g/mol. The molecule has 0 radical (unpaired) electrons. The SMILES string of the molecule is C=C(C)C(=NC)C(=C)C. The third-order valence-electron chi connectivity index (χ3n) is 1.03. The first-order valence-electron chi connectivity index (χ1n) is 2.88. The molecule has 0 saturated heterocycles. The molecule has 50 valence electrons. The van der Waals surface area contributed by atoms with Gasteiger partial charge in [-0.05, 0) is 25.0 Å². The summed E-state index contributed by atoms with van der Waals surface area (Å²) in [6.07, 6.45) is 0. The quantitative estimate of drug-likeness (QED) is 0.499. The molecule has 0 amide bonds. The molecule has 0 rings (SSSR count). The fourth-order valence-electron chi connectivity index (χ4n) is 0.746. The van der Waals surface area contributed by atoms with Crippen LogP contribution < -0.4 is 0 Å². The van der Waals surface area contributed by atoms with Gasteiger partial charge in [0.05, 0.1) is 5.71 Å². The number of aliphatic imine (C=N–C) groups is 1. The van der Waals surface area contributed by atoms with E-state index in [1.165, 1.54) is 0 Å². The molecule has 0 saturated carbocycles. The van der Waals surface area contributed by atoms with Crippen LogP contribution in [0.2, 0.25) is 0 Å². The van der Waals surface area contributed by atoms with Gasteiger partial charge in [-0.3, -0.25) is 4.99 Å². The lowest BCUT2D eigenvalue weighted by Crippen LogP contribution is -1.98. The van der Waals surface area contributed by atoms with E-state index in [-0.39, 0.29) is 0 Å². The Labute approximate surface area is 56.8 Å². The topological polar surface area (TPSA) is 12.4 Å². The largest absolute Gasteiger partial charge is 0.288 e. The van der Waals surface area contributed by atoms with Gasteiger partial charge in [0.1, 0.15) is 0 Å². The summed E-state index contributed by atoms with van der Waals surface area (Å²) in [5, 5.41) is 0. The van der Waals surface area contributed by atoms with Crippen LogP contribution in [0, 0.1) is 0 Å². The van der Waals surface area contributed by atoms with Crippen LogP contribution in [-0.4, -0.2) is 12.8 Å². The summed E-state index contributed by atoms with van der Waals surface area (Å²) in [5.41, 5.74) is 2.88. The summed E-state index contributed by atoms with van der Waals surface area (Å²) in [6, 6.07) is 0. The number of hydrogen-bond acceptors (Lipinski definition) is 1. The van der Waals surface area contributed by atoms with Crippen molar-refractivity contribution in [2.45, 2.75) is 13.8 Å². The van der Waals surface area contributed by atoms with E-state index in [1.54, 1.807) is 7.05 Å². The highest BCUT2D eigenvalue weighted by Crippen LogP contribution is 2.01. The molecule has 9 heavy (non-hydrogen) atoms. The lowest BCUT2D eigenvalue weighted by atomic mass is 10.1. The third-order valence-corrected chi connectivity index (χ3v) is 1.03. The van der Waals surface area contributed by atoms with Gasteiger partial charge in [0.15, 0.2) is 0 Å². The minimum Gasteiger partial charge on any atom is -0.288 e. The molecule has 0 aromatic heterocycles. The molecular weight excluding hydrogens is 110 g/mol. The molecule has 0 aliphatic rings. The molecule has 0 heterocycles. The zero-order valence-corrected chi connectivity index (χ0v) is 6.36. The van der Waals surface area contributed by atoms with Gasteiger partial charge in [-0.15, -0.1) is 0 Å². The van der Waals surface area contributed by atoms with E-state index in [1.807, 2.05) is 13.8 Å². The molecule has 0 aliphatic carbocycles. The molecule has 1 heteroatoms. The van der Waals surface area contributed by atoms with Crippen LogP contribution in [0.15, 0.2) is 29.3 Å². The number of rotatable bonds is 2. The van der Waals surface area contributed by atoms with Crippen molar-refractivity contribution in [3.8, 4) is 0 Å². The molecule has 0 bridgehead atoms. The Kier molecular flexibility index (Phi) is 2.93. The summed E-state index contributed by atoms with van der Waals surface area (Å²) < 4.78 is 0. The Morgan fingerprint density at radius 2 is 1.44 bits per heavy atom. The van der Waals surface area contributed by atoms with Gasteiger partial charge < -0.3 is 0 Å². The van der Waals surface area contributed by atoms with Gasteiger partial charge in [-0.2, -0.15) is 0 Å². The Morgan fingerprint density at radius 1 is 1.11 bits per heavy atom. The van der Waals surface area contributed by atoms with Crippen LogP contribution in [0.1, 0.15) is 13.8 Å². The fourth-order valence-corrected chi connectivity index (χ4v) is 0.746. The van der Waals surface area contributed by atoms with Crippen molar-refractivity contribution in [2.75, 3.05) is 7.05 Å². The van der Waals surface area contributed by atoms with Crippen LogP contribution in [0.5, 0.6) is 0 Å². The van der Waals surface area contributed by atoms with Crippen molar-refractivity contribution in [2.24, 2.45) is 4.99 Å². The molecular formula is C8H13N. The van der Waals surface area contributed by atoms with Crippen molar-refractivity contribution in [1.29, 1.82) is 0 Å². The lowest BCUT2D eigenvalue weighted by molar-refractivity contribution is 1.39. The highest BCUT2D eigenvalue weighted by molar-refractivity contribution is 6.10. The Balaban J connectivity index is 4.38. The van der Waals surface area contributed by atoms with Gasteiger partial charge in [0, 0.05) is 7.05 Å². The van der Waals surface area contributed by atoms with E-state index >= 15 is 0 Å². The fraction of sp³-hybridized carbons (Fsp3) is 0.375. The molecule has 0 atom stereocenters. The van der Waals surface area contributed by atoms with E-state index < -0.39 is 0 Å². The highest BCUT2D eigenvalue weighted by atomic mass is 14.7. The molecule has 1 nitrogen and oxygen atoms in total. The molecule has 0 aromatic rings. The first-order chi connectivity index (χ1) is 4.09. The number of nitrogens with zero attached hydrogens (tertiary/aromatic N) is 1. The van der Waals surface area contributed by atoms with Gasteiger partial charge in [-0.1, -0.05) is 13.2 Å². The maximum Gasteiger partial charge on any atom is 0.0617 e. The molecule has 0 aromatic carbocycles. The highest BCUT2D eigenvalue weighted by Gasteiger charge is 1.96. The van der Waals surface area contributed by atoms with Crippen LogP contribution in [0.3, 0.4) is 0 Å². The second-order valence-electron chi connectivity index (χ2n) is 2.13. The van der Waals surface area contributed by atoms with Gasteiger partial charge in [-0.25, -0.2) is 0 Å². The Hall–Kier alpha value is -0.850. The van der Waals surface area contributed by atoms with Crippen LogP contribution in [0.25, 0.3) is 0 Å². The zero-order chi connectivity index (χ0) is 7.44. The first-order valence-corrected chi connectivity index (χ1v) is 2.88. The summed E-state index contributed by atoms with van der Waals surface area (Å²) in [7, 11) is 1.75. The van der Waals surface area contributed by atoms with Crippen molar-refractivity contribution >= 4 is 5.71 Å². The zero-order valence-electron chi connectivity index (χ0n) is 6.36. The maximum absolute atomic E-state index is 4.00. The molecule has 0 N–H and O–H groups in total. The Morgan fingerprint density at radius 3 is 1.44 bits per heavy atom. The van der Waals surface area contributed by atoms with Crippen LogP contribution in [-0.2, 0) is 0 Å². The summed E-state index contributed by atoms with van der Waals surface area (Å²) in [6.45, 7) is 11.4. The van der Waals surface area contributed by atoms with Gasteiger partial charge >= 0.3 is 0 Å². The molecule has 0 spiro atoms. The predicted octanol–water partition coefficient (Wildman–Crippen LogP) is 2.21. The first kappa shape index (κ1) is 8.15. The Bertz CT molecular complexity index is 147. The standard InChI is InChI=1S/C8H13N/c1-6(2)8(9-5)7(3)4/h1,3H2,2,4-5H3. The summed E-state index contributed by atoms with van der Waals surface area (Å²) in [5.74, 6) is 0. The van der Waals surface area contributed by atoms with E-state index in [0.29, 0.717) is 0 Å². The summed E-state index contributed by atoms with van der Waals surface area (Å²) in [4.78, 5) is 4.00. The minimum atomic E-state index is 0.926. The average Bonchev–Trinajstić information content (AvgIpc) is 1.64. The van der Waals surface area contributed by atoms with Crippen molar-refractivity contribution in [3.63, 3.8) is 0 Å². The normalized spacial score (nSPS) is 8.33. The van der Waals surface area contributed by atoms with Gasteiger partial charge in [0.2, 0.25) is 0 Å². The third kappa shape index (κ3) is 2.27. The average molecular weight is 123 g/mol. The van der Waals surface area contributed by atoms with Gasteiger partial charge in [0.25, 0.3) is 0 Å². The van der Waals surface area contributed by atoms with E-state index in [2.05, 4.69) is 18.2 Å². The van der Waals surface area contributed by atoms with Crippen LogP contribution in [0.4, 0.5) is 0 Å².